The van der Waals surface area contributed by atoms with E-state index in [1.165, 1.54) is 25.3 Å². The third-order valence-electron chi connectivity index (χ3n) is 3.87. The summed E-state index contributed by atoms with van der Waals surface area (Å²) in [6.45, 7) is 1.78. The van der Waals surface area contributed by atoms with Gasteiger partial charge in [-0.25, -0.2) is 4.39 Å². The highest BCUT2D eigenvalue weighted by Gasteiger charge is 2.11. The number of benzene rings is 2. The van der Waals surface area contributed by atoms with Crippen LogP contribution in [-0.2, 0) is 4.79 Å². The molecular weight excluding hydrogens is 337 g/mol. The Balaban J connectivity index is 2.03. The van der Waals surface area contributed by atoms with Gasteiger partial charge in [0.25, 0.3) is 0 Å². The van der Waals surface area contributed by atoms with Crippen LogP contribution in [0.3, 0.4) is 0 Å². The molecule has 0 saturated heterocycles. The number of rotatable bonds is 7. The Morgan fingerprint density at radius 1 is 1.00 bits per heavy atom. The molecule has 2 rings (SSSR count). The highest BCUT2D eigenvalue weighted by molar-refractivity contribution is 5.92. The van der Waals surface area contributed by atoms with Crippen molar-refractivity contribution in [3.8, 4) is 17.2 Å². The van der Waals surface area contributed by atoms with Crippen molar-refractivity contribution in [1.82, 2.24) is 5.32 Å². The van der Waals surface area contributed by atoms with Gasteiger partial charge in [0.15, 0.2) is 23.1 Å². The van der Waals surface area contributed by atoms with Gasteiger partial charge in [-0.3, -0.25) is 4.79 Å². The SMILES string of the molecule is COc1ccc([C@H](C)NC(=O)/C=C/c2ccc(OC)c(OC)c2)cc1F. The van der Waals surface area contributed by atoms with Crippen LogP contribution in [0.25, 0.3) is 6.08 Å². The van der Waals surface area contributed by atoms with E-state index in [4.69, 9.17) is 14.2 Å². The lowest BCUT2D eigenvalue weighted by atomic mass is 10.1. The average molecular weight is 359 g/mol. The largest absolute Gasteiger partial charge is 0.494 e. The molecule has 138 valence electrons. The Kier molecular flexibility index (Phi) is 6.60. The number of ether oxygens (including phenoxy) is 3. The molecule has 0 aliphatic carbocycles. The van der Waals surface area contributed by atoms with Crippen molar-refractivity contribution in [1.29, 1.82) is 0 Å². The molecule has 5 nitrogen and oxygen atoms in total. The molecule has 0 aromatic heterocycles. The van der Waals surface area contributed by atoms with E-state index < -0.39 is 5.82 Å². The summed E-state index contributed by atoms with van der Waals surface area (Å²) in [5.74, 6) is 0.609. The molecule has 0 radical (unpaired) electrons. The Morgan fingerprint density at radius 2 is 1.65 bits per heavy atom. The first-order valence-corrected chi connectivity index (χ1v) is 8.02. The molecule has 1 atom stereocenters. The van der Waals surface area contributed by atoms with E-state index in [-0.39, 0.29) is 17.7 Å². The summed E-state index contributed by atoms with van der Waals surface area (Å²) in [5.41, 5.74) is 1.44. The van der Waals surface area contributed by atoms with Crippen LogP contribution in [0.15, 0.2) is 42.5 Å². The fraction of sp³-hybridized carbons (Fsp3) is 0.250. The zero-order valence-corrected chi connectivity index (χ0v) is 15.2. The number of hydrogen-bond donors (Lipinski definition) is 1. The molecule has 1 amide bonds. The first-order chi connectivity index (χ1) is 12.5. The molecule has 26 heavy (non-hydrogen) atoms. The van der Waals surface area contributed by atoms with Gasteiger partial charge in [0.05, 0.1) is 27.4 Å². The maximum absolute atomic E-state index is 13.8. The molecule has 0 saturated carbocycles. The van der Waals surface area contributed by atoms with E-state index >= 15 is 0 Å². The second kappa shape index (κ2) is 8.89. The molecule has 0 unspecified atom stereocenters. The van der Waals surface area contributed by atoms with Gasteiger partial charge in [-0.15, -0.1) is 0 Å². The van der Waals surface area contributed by atoms with Crippen LogP contribution < -0.4 is 19.5 Å². The predicted molar refractivity (Wildman–Crippen MR) is 98.1 cm³/mol. The Morgan fingerprint density at radius 3 is 2.27 bits per heavy atom. The van der Waals surface area contributed by atoms with Crippen LogP contribution in [0.5, 0.6) is 17.2 Å². The molecule has 6 heteroatoms. The molecule has 0 fully saturated rings. The lowest BCUT2D eigenvalue weighted by molar-refractivity contribution is -0.117. The molecule has 0 bridgehead atoms. The summed E-state index contributed by atoms with van der Waals surface area (Å²) in [7, 11) is 4.51. The van der Waals surface area contributed by atoms with Gasteiger partial charge in [-0.2, -0.15) is 0 Å². The molecule has 0 heterocycles. The van der Waals surface area contributed by atoms with Crippen molar-refractivity contribution in [2.24, 2.45) is 0 Å². The zero-order chi connectivity index (χ0) is 19.1. The fourth-order valence-electron chi connectivity index (χ4n) is 2.43. The number of amides is 1. The fourth-order valence-corrected chi connectivity index (χ4v) is 2.43. The van der Waals surface area contributed by atoms with Crippen LogP contribution in [0.4, 0.5) is 4.39 Å². The highest BCUT2D eigenvalue weighted by Crippen LogP contribution is 2.28. The van der Waals surface area contributed by atoms with Gasteiger partial charge in [-0.1, -0.05) is 12.1 Å². The van der Waals surface area contributed by atoms with Gasteiger partial charge < -0.3 is 19.5 Å². The first kappa shape index (κ1) is 19.3. The summed E-state index contributed by atoms with van der Waals surface area (Å²) in [6, 6.07) is 9.59. The van der Waals surface area contributed by atoms with Crippen molar-refractivity contribution in [2.75, 3.05) is 21.3 Å². The number of carbonyl (C=O) groups excluding carboxylic acids is 1. The number of carbonyl (C=O) groups is 1. The van der Waals surface area contributed by atoms with Crippen LogP contribution >= 0.6 is 0 Å². The van der Waals surface area contributed by atoms with E-state index in [1.807, 2.05) is 6.07 Å². The van der Waals surface area contributed by atoms with E-state index in [9.17, 15) is 9.18 Å². The van der Waals surface area contributed by atoms with Crippen molar-refractivity contribution in [3.63, 3.8) is 0 Å². The molecule has 1 N–H and O–H groups in total. The van der Waals surface area contributed by atoms with E-state index in [2.05, 4.69) is 5.32 Å². The van der Waals surface area contributed by atoms with Gasteiger partial charge in [0, 0.05) is 6.08 Å². The third kappa shape index (κ3) is 4.75. The third-order valence-corrected chi connectivity index (χ3v) is 3.87. The number of methoxy groups -OCH3 is 3. The predicted octanol–water partition coefficient (Wildman–Crippen LogP) is 3.74. The Hall–Kier alpha value is -3.02. The lowest BCUT2D eigenvalue weighted by Gasteiger charge is -2.14. The normalized spacial score (nSPS) is 11.9. The summed E-state index contributed by atoms with van der Waals surface area (Å²) in [5, 5.41) is 2.79. The van der Waals surface area contributed by atoms with Crippen LogP contribution in [0, 0.1) is 5.82 Å². The zero-order valence-electron chi connectivity index (χ0n) is 15.2. The second-order valence-corrected chi connectivity index (χ2v) is 5.57. The van der Waals surface area contributed by atoms with Gasteiger partial charge >= 0.3 is 0 Å². The molecule has 0 aliphatic heterocycles. The highest BCUT2D eigenvalue weighted by atomic mass is 19.1. The topological polar surface area (TPSA) is 56.8 Å². The van der Waals surface area contributed by atoms with Crippen molar-refractivity contribution >= 4 is 12.0 Å². The van der Waals surface area contributed by atoms with Crippen LogP contribution in [0.1, 0.15) is 24.1 Å². The summed E-state index contributed by atoms with van der Waals surface area (Å²) in [4.78, 5) is 12.1. The van der Waals surface area contributed by atoms with Crippen LogP contribution in [-0.4, -0.2) is 27.2 Å². The van der Waals surface area contributed by atoms with E-state index in [1.54, 1.807) is 45.4 Å². The van der Waals surface area contributed by atoms with Crippen molar-refractivity contribution in [3.05, 3.63) is 59.4 Å². The maximum atomic E-state index is 13.8. The maximum Gasteiger partial charge on any atom is 0.244 e. The van der Waals surface area contributed by atoms with E-state index in [0.29, 0.717) is 17.1 Å². The minimum Gasteiger partial charge on any atom is -0.494 e. The first-order valence-electron chi connectivity index (χ1n) is 8.02. The number of nitrogens with one attached hydrogen (secondary N) is 1. The molecule has 0 aliphatic rings. The number of halogens is 1. The van der Waals surface area contributed by atoms with Gasteiger partial charge in [0.2, 0.25) is 5.91 Å². The summed E-state index contributed by atoms with van der Waals surface area (Å²) in [6.07, 6.45) is 3.08. The molecule has 0 spiro atoms. The molecular formula is C20H22FNO4. The average Bonchev–Trinajstić information content (AvgIpc) is 2.65. The Labute approximate surface area is 152 Å². The summed E-state index contributed by atoms with van der Waals surface area (Å²) >= 11 is 0. The van der Waals surface area contributed by atoms with E-state index in [0.717, 1.165) is 5.56 Å². The van der Waals surface area contributed by atoms with Crippen molar-refractivity contribution in [2.45, 2.75) is 13.0 Å². The summed E-state index contributed by atoms with van der Waals surface area (Å²) < 4.78 is 29.1. The van der Waals surface area contributed by atoms with Gasteiger partial charge in [0.1, 0.15) is 0 Å². The van der Waals surface area contributed by atoms with Crippen LogP contribution in [0.2, 0.25) is 0 Å². The molecule has 2 aromatic carbocycles. The minimum absolute atomic E-state index is 0.167. The second-order valence-electron chi connectivity index (χ2n) is 5.57. The minimum atomic E-state index is -0.466. The molecule has 2 aromatic rings. The monoisotopic (exact) mass is 359 g/mol. The quantitative estimate of drug-likeness (QED) is 0.765. The smallest absolute Gasteiger partial charge is 0.244 e. The van der Waals surface area contributed by atoms with Gasteiger partial charge in [-0.05, 0) is 48.4 Å². The number of hydrogen-bond acceptors (Lipinski definition) is 4. The lowest BCUT2D eigenvalue weighted by Crippen LogP contribution is -2.24. The standard InChI is InChI=1S/C20H22FNO4/c1-13(15-7-9-17(24-2)16(21)12-15)22-20(23)10-6-14-5-8-18(25-3)19(11-14)26-4/h5-13H,1-4H3,(H,22,23)/b10-6+/t13-/m0/s1. The Bertz CT molecular complexity index is 804. The van der Waals surface area contributed by atoms with Crippen molar-refractivity contribution < 1.29 is 23.4 Å².